The second kappa shape index (κ2) is 13.5. The van der Waals surface area contributed by atoms with E-state index in [4.69, 9.17) is 10.3 Å². The standard InChI is InChI=1S/C56H36N6/c1-4-19-37(20-5-1)54-55(38-21-6-2-7-22-38)62(58-57-54)51-34-18-33-49-52(51)42-26-11-14-29-45(42)60(49)47-31-16-17-32-48(47)61-46-30-15-12-27-43(46)53-50(61)36-35-41-40-25-10-13-28-44(40)59(56(41)53)39-23-8-3-9-24-39/h1-36H. The quantitative estimate of drug-likeness (QED) is 0.168. The summed E-state index contributed by atoms with van der Waals surface area (Å²) in [5, 5.41) is 16.9. The predicted molar refractivity (Wildman–Crippen MR) is 255 cm³/mol. The van der Waals surface area contributed by atoms with Crippen molar-refractivity contribution in [3.05, 3.63) is 218 Å². The van der Waals surface area contributed by atoms with Crippen LogP contribution in [0.5, 0.6) is 0 Å². The van der Waals surface area contributed by atoms with Crippen molar-refractivity contribution in [1.29, 1.82) is 0 Å². The second-order valence-corrected chi connectivity index (χ2v) is 15.8. The van der Waals surface area contributed by atoms with Gasteiger partial charge in [0.05, 0.1) is 50.2 Å². The second-order valence-electron chi connectivity index (χ2n) is 15.8. The van der Waals surface area contributed by atoms with Gasteiger partial charge in [0.1, 0.15) is 11.4 Å². The molecule has 0 fully saturated rings. The fourth-order valence-corrected chi connectivity index (χ4v) is 9.99. The summed E-state index contributed by atoms with van der Waals surface area (Å²) < 4.78 is 9.38. The van der Waals surface area contributed by atoms with Gasteiger partial charge in [-0.25, -0.2) is 4.68 Å². The van der Waals surface area contributed by atoms with E-state index in [1.165, 1.54) is 32.6 Å². The number of aromatic nitrogens is 6. The number of hydrogen-bond acceptors (Lipinski definition) is 2. The minimum Gasteiger partial charge on any atom is -0.309 e. The summed E-state index contributed by atoms with van der Waals surface area (Å²) >= 11 is 0. The summed E-state index contributed by atoms with van der Waals surface area (Å²) in [4.78, 5) is 0. The van der Waals surface area contributed by atoms with Gasteiger partial charge in [0.2, 0.25) is 0 Å². The zero-order valence-electron chi connectivity index (χ0n) is 33.5. The molecule has 4 aromatic heterocycles. The first-order chi connectivity index (χ1) is 30.8. The van der Waals surface area contributed by atoms with E-state index < -0.39 is 0 Å². The molecule has 0 aliphatic rings. The van der Waals surface area contributed by atoms with Crippen molar-refractivity contribution in [1.82, 2.24) is 28.7 Å². The Balaban J connectivity index is 1.10. The third-order valence-corrected chi connectivity index (χ3v) is 12.5. The van der Waals surface area contributed by atoms with Crippen molar-refractivity contribution in [3.8, 4) is 45.3 Å². The molecule has 290 valence electrons. The van der Waals surface area contributed by atoms with Gasteiger partial charge in [0, 0.05) is 49.1 Å². The zero-order valence-corrected chi connectivity index (χ0v) is 33.5. The molecule has 0 N–H and O–H groups in total. The highest BCUT2D eigenvalue weighted by molar-refractivity contribution is 6.26. The maximum atomic E-state index is 4.93. The van der Waals surface area contributed by atoms with Crippen molar-refractivity contribution >= 4 is 65.4 Å². The Kier molecular flexibility index (Phi) is 7.50. The van der Waals surface area contributed by atoms with Crippen molar-refractivity contribution in [2.75, 3.05) is 0 Å². The Labute approximate surface area is 356 Å². The smallest absolute Gasteiger partial charge is 0.121 e. The molecule has 0 saturated carbocycles. The van der Waals surface area contributed by atoms with E-state index >= 15 is 0 Å². The molecule has 0 bridgehead atoms. The minimum atomic E-state index is 0.842. The molecule has 62 heavy (non-hydrogen) atoms. The number of para-hydroxylation sites is 6. The van der Waals surface area contributed by atoms with Crippen molar-refractivity contribution in [2.45, 2.75) is 0 Å². The molecule has 9 aromatic carbocycles. The van der Waals surface area contributed by atoms with Crippen LogP contribution in [-0.2, 0) is 0 Å². The Bertz CT molecular complexity index is 3850. The molecule has 6 heteroatoms. The molecule has 6 nitrogen and oxygen atoms in total. The molecule has 0 spiro atoms. The van der Waals surface area contributed by atoms with Gasteiger partial charge < -0.3 is 13.7 Å². The van der Waals surface area contributed by atoms with Gasteiger partial charge in [-0.05, 0) is 60.7 Å². The summed E-state index contributed by atoms with van der Waals surface area (Å²) in [6.45, 7) is 0. The SMILES string of the molecule is c1ccc(-c2nnn(-c3cccc4c3c3ccccc3n4-c3ccccc3-n3c4ccccc4c4c3ccc3c5ccccc5n(-c5ccccc5)c34)c2-c2ccccc2)cc1. The van der Waals surface area contributed by atoms with Crippen LogP contribution in [0.25, 0.3) is 111 Å². The van der Waals surface area contributed by atoms with Gasteiger partial charge in [-0.15, -0.1) is 5.10 Å². The van der Waals surface area contributed by atoms with E-state index in [1.807, 2.05) is 16.8 Å². The molecule has 0 aliphatic heterocycles. The lowest BCUT2D eigenvalue weighted by atomic mass is 10.0. The van der Waals surface area contributed by atoms with Gasteiger partial charge in [-0.3, -0.25) is 0 Å². The monoisotopic (exact) mass is 792 g/mol. The Morgan fingerprint density at radius 1 is 0.306 bits per heavy atom. The van der Waals surface area contributed by atoms with Crippen LogP contribution in [0.4, 0.5) is 0 Å². The van der Waals surface area contributed by atoms with Crippen molar-refractivity contribution in [2.24, 2.45) is 0 Å². The van der Waals surface area contributed by atoms with Crippen LogP contribution in [0.3, 0.4) is 0 Å². The number of fused-ring (bicyclic) bond motifs is 10. The van der Waals surface area contributed by atoms with Crippen LogP contribution in [-0.4, -0.2) is 28.7 Å². The molecule has 0 amide bonds. The Hall–Kier alpha value is -8.48. The lowest BCUT2D eigenvalue weighted by Gasteiger charge is -2.17. The highest BCUT2D eigenvalue weighted by atomic mass is 15.4. The van der Waals surface area contributed by atoms with Gasteiger partial charge in [0.25, 0.3) is 0 Å². The molecule has 13 aromatic rings. The first-order valence-corrected chi connectivity index (χ1v) is 21.0. The predicted octanol–water partition coefficient (Wildman–Crippen LogP) is 13.9. The van der Waals surface area contributed by atoms with E-state index in [2.05, 4.69) is 220 Å². The molecule has 0 unspecified atom stereocenters. The molecular formula is C56H36N6. The summed E-state index contributed by atoms with van der Waals surface area (Å²) in [6.07, 6.45) is 0. The van der Waals surface area contributed by atoms with Gasteiger partial charge in [-0.1, -0.05) is 163 Å². The fraction of sp³-hybridized carbons (Fsp3) is 0. The van der Waals surface area contributed by atoms with Crippen molar-refractivity contribution in [3.63, 3.8) is 0 Å². The molecule has 0 aliphatic carbocycles. The van der Waals surface area contributed by atoms with E-state index in [-0.39, 0.29) is 0 Å². The van der Waals surface area contributed by atoms with Crippen LogP contribution in [0.1, 0.15) is 0 Å². The molecule has 0 atom stereocenters. The van der Waals surface area contributed by atoms with Crippen LogP contribution >= 0.6 is 0 Å². The molecular weight excluding hydrogens is 757 g/mol. The third kappa shape index (κ3) is 4.92. The van der Waals surface area contributed by atoms with Crippen LogP contribution in [0, 0.1) is 0 Å². The van der Waals surface area contributed by atoms with E-state index in [9.17, 15) is 0 Å². The number of rotatable bonds is 6. The average Bonchev–Trinajstić information content (AvgIpc) is 4.11. The Morgan fingerprint density at radius 3 is 1.45 bits per heavy atom. The zero-order chi connectivity index (χ0) is 40.7. The lowest BCUT2D eigenvalue weighted by molar-refractivity contribution is 0.813. The number of hydrogen-bond donors (Lipinski definition) is 0. The molecule has 4 heterocycles. The van der Waals surface area contributed by atoms with Gasteiger partial charge in [-0.2, -0.15) is 0 Å². The van der Waals surface area contributed by atoms with E-state index in [0.29, 0.717) is 0 Å². The third-order valence-electron chi connectivity index (χ3n) is 12.5. The number of nitrogens with zero attached hydrogens (tertiary/aromatic N) is 6. The minimum absolute atomic E-state index is 0.842. The highest BCUT2D eigenvalue weighted by Gasteiger charge is 2.25. The fourth-order valence-electron chi connectivity index (χ4n) is 9.99. The first kappa shape index (κ1) is 34.4. The number of benzene rings is 9. The highest BCUT2D eigenvalue weighted by Crippen LogP contribution is 2.44. The average molecular weight is 793 g/mol. The summed E-state index contributed by atoms with van der Waals surface area (Å²) in [7, 11) is 0. The maximum absolute atomic E-state index is 4.93. The molecule has 0 radical (unpaired) electrons. The Morgan fingerprint density at radius 2 is 0.790 bits per heavy atom. The van der Waals surface area contributed by atoms with E-state index in [1.54, 1.807) is 0 Å². The van der Waals surface area contributed by atoms with Gasteiger partial charge >= 0.3 is 0 Å². The largest absolute Gasteiger partial charge is 0.309 e. The summed E-state index contributed by atoms with van der Waals surface area (Å²) in [5.74, 6) is 0. The molecule has 0 saturated heterocycles. The van der Waals surface area contributed by atoms with Crippen LogP contribution < -0.4 is 0 Å². The lowest BCUT2D eigenvalue weighted by Crippen LogP contribution is -2.04. The van der Waals surface area contributed by atoms with Crippen LogP contribution in [0.15, 0.2) is 218 Å². The summed E-state index contributed by atoms with van der Waals surface area (Å²) in [5.41, 5.74) is 15.0. The normalized spacial score (nSPS) is 11.9. The maximum Gasteiger partial charge on any atom is 0.121 e. The van der Waals surface area contributed by atoms with E-state index in [0.717, 1.165) is 78.1 Å². The first-order valence-electron chi connectivity index (χ1n) is 21.0. The van der Waals surface area contributed by atoms with Gasteiger partial charge in [0.15, 0.2) is 0 Å². The molecule has 13 rings (SSSR count). The topological polar surface area (TPSA) is 45.5 Å². The summed E-state index contributed by atoms with van der Waals surface area (Å²) in [6, 6.07) is 78.0. The van der Waals surface area contributed by atoms with Crippen LogP contribution in [0.2, 0.25) is 0 Å². The van der Waals surface area contributed by atoms with Crippen molar-refractivity contribution < 1.29 is 0 Å².